The van der Waals surface area contributed by atoms with Crippen LogP contribution < -0.4 is 0 Å². The minimum Gasteiger partial charge on any atom is -0.478 e. The predicted molar refractivity (Wildman–Crippen MR) is 99.1 cm³/mol. The van der Waals surface area contributed by atoms with Gasteiger partial charge < -0.3 is 10.2 Å². The van der Waals surface area contributed by atoms with Crippen molar-refractivity contribution in [3.05, 3.63) is 82.9 Å². The van der Waals surface area contributed by atoms with E-state index in [1.807, 2.05) is 13.8 Å². The summed E-state index contributed by atoms with van der Waals surface area (Å²) in [6.07, 6.45) is 3.33. The molecule has 0 saturated carbocycles. The largest absolute Gasteiger partial charge is 0.478 e. The van der Waals surface area contributed by atoms with E-state index in [1.54, 1.807) is 36.4 Å². The molecule has 2 aromatic rings. The van der Waals surface area contributed by atoms with Crippen LogP contribution in [0.15, 0.2) is 49.6 Å². The molecular formula is C21H20O4. The Bertz CT molecular complexity index is 804. The summed E-state index contributed by atoms with van der Waals surface area (Å²) in [5.41, 5.74) is 2.80. The molecule has 0 aliphatic rings. The Kier molecular flexibility index (Phi) is 4.93. The highest BCUT2D eigenvalue weighted by Gasteiger charge is 2.29. The second kappa shape index (κ2) is 6.77. The summed E-state index contributed by atoms with van der Waals surface area (Å²) in [5.74, 6) is -2.04. The first-order valence-corrected chi connectivity index (χ1v) is 7.73. The Morgan fingerprint density at radius 1 is 0.840 bits per heavy atom. The number of carboxylic acid groups (broad SMARTS) is 2. The van der Waals surface area contributed by atoms with Gasteiger partial charge in [-0.1, -0.05) is 51.3 Å². The van der Waals surface area contributed by atoms with Crippen molar-refractivity contribution in [3.8, 4) is 0 Å². The summed E-state index contributed by atoms with van der Waals surface area (Å²) in [4.78, 5) is 22.7. The molecule has 0 fully saturated rings. The first-order chi connectivity index (χ1) is 11.7. The van der Waals surface area contributed by atoms with Crippen LogP contribution in [-0.4, -0.2) is 22.2 Å². The van der Waals surface area contributed by atoms with Crippen LogP contribution in [0.4, 0.5) is 0 Å². The van der Waals surface area contributed by atoms with Crippen LogP contribution in [-0.2, 0) is 5.41 Å². The molecule has 0 atom stereocenters. The van der Waals surface area contributed by atoms with Crippen LogP contribution in [0.1, 0.15) is 56.8 Å². The third kappa shape index (κ3) is 3.38. The van der Waals surface area contributed by atoms with Gasteiger partial charge in [0, 0.05) is 5.41 Å². The van der Waals surface area contributed by atoms with E-state index in [2.05, 4.69) is 13.2 Å². The standard InChI is InChI=1S/C21H20O4/c1-5-13-7-9-15(19(22)23)11-17(13)21(3,4)18-12-16(20(24)25)10-8-14(18)6-2/h5-12H,1-2H2,3-4H3,(H,22,23)(H,24,25). The average Bonchev–Trinajstić information content (AvgIpc) is 2.60. The van der Waals surface area contributed by atoms with Crippen molar-refractivity contribution in [1.82, 2.24) is 0 Å². The first kappa shape index (κ1) is 18.2. The number of hydrogen-bond donors (Lipinski definition) is 2. The molecule has 0 bridgehead atoms. The monoisotopic (exact) mass is 336 g/mol. The van der Waals surface area contributed by atoms with Crippen LogP contribution in [0.5, 0.6) is 0 Å². The maximum Gasteiger partial charge on any atom is 0.335 e. The Hall–Kier alpha value is -3.14. The van der Waals surface area contributed by atoms with Gasteiger partial charge in [-0.3, -0.25) is 0 Å². The third-order valence-corrected chi connectivity index (χ3v) is 4.39. The van der Waals surface area contributed by atoms with Crippen LogP contribution >= 0.6 is 0 Å². The fourth-order valence-electron chi connectivity index (χ4n) is 2.96. The third-order valence-electron chi connectivity index (χ3n) is 4.39. The molecule has 0 radical (unpaired) electrons. The molecule has 4 heteroatoms. The smallest absolute Gasteiger partial charge is 0.335 e. The van der Waals surface area contributed by atoms with Gasteiger partial charge in [-0.2, -0.15) is 0 Å². The molecule has 0 aliphatic heterocycles. The van der Waals surface area contributed by atoms with E-state index >= 15 is 0 Å². The summed E-state index contributed by atoms with van der Waals surface area (Å²) >= 11 is 0. The first-order valence-electron chi connectivity index (χ1n) is 7.73. The van der Waals surface area contributed by atoms with E-state index in [1.165, 1.54) is 12.1 Å². The van der Waals surface area contributed by atoms with Crippen LogP contribution in [0, 0.1) is 0 Å². The molecule has 2 rings (SSSR count). The van der Waals surface area contributed by atoms with Gasteiger partial charge in [-0.25, -0.2) is 9.59 Å². The summed E-state index contributed by atoms with van der Waals surface area (Å²) < 4.78 is 0. The molecule has 2 N–H and O–H groups in total. The molecule has 0 saturated heterocycles. The number of benzene rings is 2. The normalized spacial score (nSPS) is 11.0. The number of hydrogen-bond acceptors (Lipinski definition) is 2. The lowest BCUT2D eigenvalue weighted by Crippen LogP contribution is -2.23. The second-order valence-corrected chi connectivity index (χ2v) is 6.25. The van der Waals surface area contributed by atoms with Crippen LogP contribution in [0.3, 0.4) is 0 Å². The molecule has 0 heterocycles. The Morgan fingerprint density at radius 2 is 1.20 bits per heavy atom. The zero-order valence-corrected chi connectivity index (χ0v) is 14.2. The van der Waals surface area contributed by atoms with Gasteiger partial charge in [0.05, 0.1) is 11.1 Å². The highest BCUT2D eigenvalue weighted by Crippen LogP contribution is 2.37. The molecule has 25 heavy (non-hydrogen) atoms. The van der Waals surface area contributed by atoms with Gasteiger partial charge in [-0.15, -0.1) is 0 Å². The van der Waals surface area contributed by atoms with E-state index < -0.39 is 17.4 Å². The molecule has 0 unspecified atom stereocenters. The zero-order chi connectivity index (χ0) is 18.8. The topological polar surface area (TPSA) is 74.6 Å². The Balaban J connectivity index is 2.78. The van der Waals surface area contributed by atoms with Crippen molar-refractivity contribution in [2.45, 2.75) is 19.3 Å². The summed E-state index contributed by atoms with van der Waals surface area (Å²) in [7, 11) is 0. The quantitative estimate of drug-likeness (QED) is 0.802. The van der Waals surface area contributed by atoms with Gasteiger partial charge >= 0.3 is 11.9 Å². The highest BCUT2D eigenvalue weighted by atomic mass is 16.4. The number of carboxylic acids is 2. The maximum atomic E-state index is 11.4. The molecule has 0 amide bonds. The predicted octanol–water partition coefficient (Wildman–Crippen LogP) is 4.69. The Morgan fingerprint density at radius 3 is 1.48 bits per heavy atom. The minimum atomic E-state index is -1.02. The highest BCUT2D eigenvalue weighted by molar-refractivity contribution is 5.89. The summed E-state index contributed by atoms with van der Waals surface area (Å²) in [6.45, 7) is 11.5. The average molecular weight is 336 g/mol. The molecular weight excluding hydrogens is 316 g/mol. The van der Waals surface area contributed by atoms with E-state index in [-0.39, 0.29) is 11.1 Å². The van der Waals surface area contributed by atoms with Crippen molar-refractivity contribution in [3.63, 3.8) is 0 Å². The van der Waals surface area contributed by atoms with Gasteiger partial charge in [0.2, 0.25) is 0 Å². The fraction of sp³-hybridized carbons (Fsp3) is 0.143. The minimum absolute atomic E-state index is 0.170. The summed E-state index contributed by atoms with van der Waals surface area (Å²) in [6, 6.07) is 9.70. The van der Waals surface area contributed by atoms with Crippen molar-refractivity contribution in [2.24, 2.45) is 0 Å². The van der Waals surface area contributed by atoms with Crippen LogP contribution in [0.2, 0.25) is 0 Å². The fourth-order valence-corrected chi connectivity index (χ4v) is 2.96. The van der Waals surface area contributed by atoms with Gasteiger partial charge in [0.25, 0.3) is 0 Å². The van der Waals surface area contributed by atoms with E-state index in [0.29, 0.717) is 0 Å². The number of carbonyl (C=O) groups is 2. The molecule has 4 nitrogen and oxygen atoms in total. The van der Waals surface area contributed by atoms with E-state index in [9.17, 15) is 19.8 Å². The second-order valence-electron chi connectivity index (χ2n) is 6.25. The maximum absolute atomic E-state index is 11.4. The molecule has 0 spiro atoms. The van der Waals surface area contributed by atoms with E-state index in [0.717, 1.165) is 22.3 Å². The van der Waals surface area contributed by atoms with E-state index in [4.69, 9.17) is 0 Å². The van der Waals surface area contributed by atoms with Crippen molar-refractivity contribution < 1.29 is 19.8 Å². The lowest BCUT2D eigenvalue weighted by Gasteiger charge is -2.30. The summed E-state index contributed by atoms with van der Waals surface area (Å²) in [5, 5.41) is 18.6. The SMILES string of the molecule is C=Cc1ccc(C(=O)O)cc1C(C)(C)c1cc(C(=O)O)ccc1C=C. The van der Waals surface area contributed by atoms with Gasteiger partial charge in [0.1, 0.15) is 0 Å². The van der Waals surface area contributed by atoms with Crippen LogP contribution in [0.25, 0.3) is 12.2 Å². The lowest BCUT2D eigenvalue weighted by atomic mass is 9.73. The van der Waals surface area contributed by atoms with Gasteiger partial charge in [-0.05, 0) is 46.5 Å². The van der Waals surface area contributed by atoms with Gasteiger partial charge in [0.15, 0.2) is 0 Å². The lowest BCUT2D eigenvalue weighted by molar-refractivity contribution is 0.0686. The van der Waals surface area contributed by atoms with Crippen molar-refractivity contribution in [2.75, 3.05) is 0 Å². The molecule has 128 valence electrons. The van der Waals surface area contributed by atoms with Crippen molar-refractivity contribution in [1.29, 1.82) is 0 Å². The number of rotatable bonds is 6. The Labute approximate surface area is 146 Å². The molecule has 2 aromatic carbocycles. The molecule has 0 aliphatic carbocycles. The molecule has 0 aromatic heterocycles. The van der Waals surface area contributed by atoms with Crippen molar-refractivity contribution >= 4 is 24.1 Å². The zero-order valence-electron chi connectivity index (χ0n) is 14.2. The number of aromatic carboxylic acids is 2.